The number of nitrogens with zero attached hydrogens (tertiary/aromatic N) is 3. The molecule has 124 valence electrons. The van der Waals surface area contributed by atoms with Gasteiger partial charge in [-0.3, -0.25) is 4.90 Å². The monoisotopic (exact) mass is 321 g/mol. The van der Waals surface area contributed by atoms with Gasteiger partial charge in [-0.05, 0) is 50.1 Å². The average molecular weight is 321 g/mol. The van der Waals surface area contributed by atoms with E-state index in [1.807, 2.05) is 0 Å². The summed E-state index contributed by atoms with van der Waals surface area (Å²) in [6.45, 7) is 3.88. The highest BCUT2D eigenvalue weighted by Crippen LogP contribution is 2.32. The number of rotatable bonds is 4. The van der Waals surface area contributed by atoms with Crippen molar-refractivity contribution in [2.75, 3.05) is 19.3 Å². The van der Waals surface area contributed by atoms with E-state index in [1.54, 1.807) is 0 Å². The molecule has 3 aromatic rings. The zero-order valence-electron chi connectivity index (χ0n) is 14.3. The topological polar surface area (TPSA) is 70.8 Å². The van der Waals surface area contributed by atoms with Gasteiger partial charge in [0.1, 0.15) is 11.3 Å². The number of fused-ring (bicyclic) bond motifs is 3. The van der Waals surface area contributed by atoms with Gasteiger partial charge in [-0.1, -0.05) is 25.1 Å². The van der Waals surface area contributed by atoms with E-state index in [4.69, 9.17) is 5.73 Å². The van der Waals surface area contributed by atoms with Crippen molar-refractivity contribution >= 4 is 33.3 Å². The number of hydrogen-bond acceptors (Lipinski definition) is 4. The lowest BCUT2D eigenvalue weighted by atomic mass is 10.0. The minimum atomic E-state index is 0.497. The number of nitrogen functional groups attached to an aromatic ring is 1. The van der Waals surface area contributed by atoms with Crippen molar-refractivity contribution in [1.29, 1.82) is 0 Å². The summed E-state index contributed by atoms with van der Waals surface area (Å²) in [4.78, 5) is 14.9. The Labute approximate surface area is 141 Å². The first-order chi connectivity index (χ1) is 11.7. The number of allylic oxidation sites excluding steroid dienone is 2. The van der Waals surface area contributed by atoms with Crippen LogP contribution in [0.1, 0.15) is 37.6 Å². The maximum absolute atomic E-state index is 6.18. The van der Waals surface area contributed by atoms with Gasteiger partial charge in [0.15, 0.2) is 5.82 Å². The molecule has 1 aromatic carbocycles. The fourth-order valence-corrected chi connectivity index (χ4v) is 3.40. The Morgan fingerprint density at radius 2 is 2.17 bits per heavy atom. The fraction of sp³-hybridized carbons (Fsp3) is 0.368. The summed E-state index contributed by atoms with van der Waals surface area (Å²) in [5.74, 6) is 1.43. The molecule has 1 aliphatic carbocycles. The van der Waals surface area contributed by atoms with Crippen LogP contribution in [-0.4, -0.2) is 33.4 Å². The molecule has 5 heteroatoms. The molecule has 4 rings (SSSR count). The smallest absolute Gasteiger partial charge is 0.152 e. The third kappa shape index (κ3) is 2.55. The van der Waals surface area contributed by atoms with Gasteiger partial charge >= 0.3 is 0 Å². The highest BCUT2D eigenvalue weighted by molar-refractivity contribution is 6.06. The van der Waals surface area contributed by atoms with E-state index >= 15 is 0 Å². The molecule has 5 nitrogen and oxygen atoms in total. The van der Waals surface area contributed by atoms with E-state index in [1.165, 1.54) is 24.0 Å². The molecular weight excluding hydrogens is 298 g/mol. The lowest BCUT2D eigenvalue weighted by Gasteiger charge is -2.10. The molecule has 0 bridgehead atoms. The average Bonchev–Trinajstić information content (AvgIpc) is 3.24. The number of aromatic nitrogens is 3. The second kappa shape index (κ2) is 5.91. The summed E-state index contributed by atoms with van der Waals surface area (Å²) in [6.07, 6.45) is 5.91. The molecule has 0 radical (unpaired) electrons. The van der Waals surface area contributed by atoms with Crippen LogP contribution in [0.4, 0.5) is 5.82 Å². The molecule has 24 heavy (non-hydrogen) atoms. The van der Waals surface area contributed by atoms with Crippen LogP contribution >= 0.6 is 0 Å². The third-order valence-corrected chi connectivity index (χ3v) is 4.87. The Morgan fingerprint density at radius 3 is 2.92 bits per heavy atom. The molecule has 1 aliphatic rings. The van der Waals surface area contributed by atoms with Crippen LogP contribution in [0.2, 0.25) is 0 Å². The molecule has 2 aromatic heterocycles. The molecule has 0 saturated carbocycles. The van der Waals surface area contributed by atoms with Gasteiger partial charge < -0.3 is 10.7 Å². The molecule has 0 saturated heterocycles. The van der Waals surface area contributed by atoms with Crippen LogP contribution in [0.5, 0.6) is 0 Å². The van der Waals surface area contributed by atoms with E-state index in [2.05, 4.69) is 58.1 Å². The minimum absolute atomic E-state index is 0.497. The van der Waals surface area contributed by atoms with Crippen molar-refractivity contribution in [1.82, 2.24) is 19.9 Å². The van der Waals surface area contributed by atoms with Crippen LogP contribution in [0.25, 0.3) is 27.5 Å². The van der Waals surface area contributed by atoms with Gasteiger partial charge in [0, 0.05) is 5.39 Å². The predicted molar refractivity (Wildman–Crippen MR) is 99.6 cm³/mol. The standard InChI is InChI=1S/C19H23N5/c1-3-24(2)11-16-22-17-14-9-8-13(12-6-4-5-7-12)10-15(14)21-19(20)18(17)23-16/h6,8-10H,3-5,7,11H2,1-2H3,(H2,20,21)(H,22,23). The van der Waals surface area contributed by atoms with Crippen molar-refractivity contribution < 1.29 is 0 Å². The highest BCUT2D eigenvalue weighted by Gasteiger charge is 2.14. The second-order valence-electron chi connectivity index (χ2n) is 6.59. The second-order valence-corrected chi connectivity index (χ2v) is 6.59. The van der Waals surface area contributed by atoms with Gasteiger partial charge in [-0.15, -0.1) is 0 Å². The summed E-state index contributed by atoms with van der Waals surface area (Å²) in [6, 6.07) is 6.49. The lowest BCUT2D eigenvalue weighted by molar-refractivity contribution is 0.338. The minimum Gasteiger partial charge on any atom is -0.382 e. The Bertz CT molecular complexity index is 938. The van der Waals surface area contributed by atoms with Gasteiger partial charge in [0.2, 0.25) is 0 Å². The van der Waals surface area contributed by atoms with E-state index in [0.29, 0.717) is 5.82 Å². The molecule has 0 spiro atoms. The zero-order valence-corrected chi connectivity index (χ0v) is 14.3. The number of nitrogens with two attached hydrogens (primary N) is 1. The van der Waals surface area contributed by atoms with E-state index in [0.717, 1.165) is 47.3 Å². The molecule has 2 heterocycles. The maximum Gasteiger partial charge on any atom is 0.152 e. The Balaban J connectivity index is 1.84. The van der Waals surface area contributed by atoms with Crippen molar-refractivity contribution in [2.45, 2.75) is 32.7 Å². The van der Waals surface area contributed by atoms with Gasteiger partial charge in [-0.2, -0.15) is 0 Å². The number of aromatic amines is 1. The number of pyridine rings is 1. The summed E-state index contributed by atoms with van der Waals surface area (Å²) >= 11 is 0. The number of benzene rings is 1. The number of imidazole rings is 1. The first-order valence-corrected chi connectivity index (χ1v) is 8.61. The Morgan fingerprint density at radius 1 is 1.29 bits per heavy atom. The molecule has 0 amide bonds. The summed E-state index contributed by atoms with van der Waals surface area (Å²) in [5, 5.41) is 1.08. The number of anilines is 1. The molecule has 0 unspecified atom stereocenters. The third-order valence-electron chi connectivity index (χ3n) is 4.87. The Kier molecular flexibility index (Phi) is 3.73. The van der Waals surface area contributed by atoms with E-state index in [9.17, 15) is 0 Å². The van der Waals surface area contributed by atoms with Crippen LogP contribution in [0, 0.1) is 0 Å². The fourth-order valence-electron chi connectivity index (χ4n) is 3.40. The van der Waals surface area contributed by atoms with Crippen molar-refractivity contribution in [3.8, 4) is 0 Å². The lowest BCUT2D eigenvalue weighted by Crippen LogP contribution is -2.17. The summed E-state index contributed by atoms with van der Waals surface area (Å²) < 4.78 is 0. The molecular formula is C19H23N5. The van der Waals surface area contributed by atoms with Gasteiger partial charge in [-0.25, -0.2) is 9.97 Å². The van der Waals surface area contributed by atoms with E-state index < -0.39 is 0 Å². The number of hydrogen-bond donors (Lipinski definition) is 2. The van der Waals surface area contributed by atoms with Crippen LogP contribution in [0.15, 0.2) is 24.3 Å². The van der Waals surface area contributed by atoms with Gasteiger partial charge in [0.05, 0.1) is 17.6 Å². The maximum atomic E-state index is 6.18. The van der Waals surface area contributed by atoms with Crippen molar-refractivity contribution in [3.63, 3.8) is 0 Å². The van der Waals surface area contributed by atoms with Crippen molar-refractivity contribution in [3.05, 3.63) is 35.7 Å². The largest absolute Gasteiger partial charge is 0.382 e. The number of nitrogens with one attached hydrogen (secondary N) is 1. The van der Waals surface area contributed by atoms with Crippen LogP contribution < -0.4 is 5.73 Å². The highest BCUT2D eigenvalue weighted by atomic mass is 15.1. The van der Waals surface area contributed by atoms with Crippen LogP contribution in [0.3, 0.4) is 0 Å². The zero-order chi connectivity index (χ0) is 16.7. The quantitative estimate of drug-likeness (QED) is 0.768. The SMILES string of the molecule is CCN(C)Cc1nc2c(N)nc3cc(C4=CCCC4)ccc3c2[nH]1. The summed E-state index contributed by atoms with van der Waals surface area (Å²) in [7, 11) is 2.08. The van der Waals surface area contributed by atoms with Crippen molar-refractivity contribution in [2.24, 2.45) is 0 Å². The molecule has 0 atom stereocenters. The molecule has 0 fully saturated rings. The normalized spacial score (nSPS) is 14.9. The first kappa shape index (κ1) is 15.1. The van der Waals surface area contributed by atoms with E-state index in [-0.39, 0.29) is 0 Å². The van der Waals surface area contributed by atoms with Gasteiger partial charge in [0.25, 0.3) is 0 Å². The molecule has 3 N–H and O–H groups in total. The Hall–Kier alpha value is -2.40. The first-order valence-electron chi connectivity index (χ1n) is 8.61. The van der Waals surface area contributed by atoms with Crippen LogP contribution in [-0.2, 0) is 6.54 Å². The number of H-pyrrole nitrogens is 1. The molecule has 0 aliphatic heterocycles. The summed E-state index contributed by atoms with van der Waals surface area (Å²) in [5.41, 5.74) is 11.6. The predicted octanol–water partition coefficient (Wildman–Crippen LogP) is 3.71.